The maximum absolute atomic E-state index is 9.60. The zero-order valence-electron chi connectivity index (χ0n) is 7.58. The molecule has 0 heterocycles. The van der Waals surface area contributed by atoms with E-state index in [-0.39, 0.29) is 6.10 Å². The van der Waals surface area contributed by atoms with Crippen LogP contribution < -0.4 is 0 Å². The second kappa shape index (κ2) is 3.55. The van der Waals surface area contributed by atoms with Gasteiger partial charge in [0.15, 0.2) is 0 Å². The molecule has 2 nitrogen and oxygen atoms in total. The molecule has 66 valence electrons. The molecular weight excluding hydrogens is 140 g/mol. The van der Waals surface area contributed by atoms with Crippen LogP contribution in [-0.2, 0) is 4.74 Å². The van der Waals surface area contributed by atoms with Gasteiger partial charge in [-0.1, -0.05) is 13.8 Å². The SMILES string of the molecule is COC1CC(C(O)C(C)C)C1. The summed E-state index contributed by atoms with van der Waals surface area (Å²) in [6, 6.07) is 0. The van der Waals surface area contributed by atoms with Gasteiger partial charge < -0.3 is 9.84 Å². The Morgan fingerprint density at radius 1 is 1.36 bits per heavy atom. The molecule has 2 heteroatoms. The van der Waals surface area contributed by atoms with E-state index >= 15 is 0 Å². The van der Waals surface area contributed by atoms with Crippen molar-refractivity contribution < 1.29 is 9.84 Å². The van der Waals surface area contributed by atoms with Crippen molar-refractivity contribution in [1.29, 1.82) is 0 Å². The monoisotopic (exact) mass is 158 g/mol. The first-order chi connectivity index (χ1) is 5.15. The number of aliphatic hydroxyl groups is 1. The third-order valence-corrected chi connectivity index (χ3v) is 2.63. The normalized spacial score (nSPS) is 33.5. The van der Waals surface area contributed by atoms with Crippen molar-refractivity contribution >= 4 is 0 Å². The molecule has 0 saturated heterocycles. The lowest BCUT2D eigenvalue weighted by Gasteiger charge is -2.38. The molecule has 11 heavy (non-hydrogen) atoms. The standard InChI is InChI=1S/C9H18O2/c1-6(2)9(10)7-4-8(5-7)11-3/h6-10H,4-5H2,1-3H3. The van der Waals surface area contributed by atoms with Crippen molar-refractivity contribution in [3.8, 4) is 0 Å². The fourth-order valence-corrected chi connectivity index (χ4v) is 1.62. The van der Waals surface area contributed by atoms with E-state index in [2.05, 4.69) is 13.8 Å². The van der Waals surface area contributed by atoms with E-state index in [1.54, 1.807) is 7.11 Å². The highest BCUT2D eigenvalue weighted by atomic mass is 16.5. The Labute approximate surface area is 68.6 Å². The minimum atomic E-state index is -0.124. The Morgan fingerprint density at radius 3 is 2.27 bits per heavy atom. The second-order valence-corrected chi connectivity index (χ2v) is 3.82. The highest BCUT2D eigenvalue weighted by Gasteiger charge is 2.35. The molecule has 1 fully saturated rings. The summed E-state index contributed by atoms with van der Waals surface area (Å²) in [5.74, 6) is 0.873. The molecule has 0 amide bonds. The molecule has 1 N–H and O–H groups in total. The number of methoxy groups -OCH3 is 1. The van der Waals surface area contributed by atoms with Crippen LogP contribution in [-0.4, -0.2) is 24.4 Å². The zero-order chi connectivity index (χ0) is 8.43. The van der Waals surface area contributed by atoms with Crippen LogP contribution in [0.1, 0.15) is 26.7 Å². The van der Waals surface area contributed by atoms with Gasteiger partial charge in [0.25, 0.3) is 0 Å². The molecule has 0 radical (unpaired) electrons. The van der Waals surface area contributed by atoms with Crippen LogP contribution in [0.5, 0.6) is 0 Å². The van der Waals surface area contributed by atoms with E-state index in [1.807, 2.05) is 0 Å². The van der Waals surface area contributed by atoms with Crippen LogP contribution in [0.3, 0.4) is 0 Å². The van der Waals surface area contributed by atoms with Crippen molar-refractivity contribution in [2.45, 2.75) is 38.9 Å². The number of hydrogen-bond donors (Lipinski definition) is 1. The average molecular weight is 158 g/mol. The molecule has 1 atom stereocenters. The largest absolute Gasteiger partial charge is 0.393 e. The van der Waals surface area contributed by atoms with Crippen molar-refractivity contribution in [2.24, 2.45) is 11.8 Å². The van der Waals surface area contributed by atoms with Gasteiger partial charge in [-0.3, -0.25) is 0 Å². The van der Waals surface area contributed by atoms with Crippen molar-refractivity contribution in [3.05, 3.63) is 0 Å². The summed E-state index contributed by atoms with van der Waals surface area (Å²) in [4.78, 5) is 0. The fraction of sp³-hybridized carbons (Fsp3) is 1.00. The lowest BCUT2D eigenvalue weighted by Crippen LogP contribution is -2.40. The molecule has 0 aromatic carbocycles. The van der Waals surface area contributed by atoms with E-state index in [9.17, 15) is 5.11 Å². The van der Waals surface area contributed by atoms with Gasteiger partial charge in [-0.15, -0.1) is 0 Å². The first-order valence-electron chi connectivity index (χ1n) is 4.36. The van der Waals surface area contributed by atoms with E-state index < -0.39 is 0 Å². The van der Waals surface area contributed by atoms with Crippen LogP contribution in [0.15, 0.2) is 0 Å². The Kier molecular flexibility index (Phi) is 2.90. The summed E-state index contributed by atoms with van der Waals surface area (Å²) in [6.45, 7) is 4.12. The van der Waals surface area contributed by atoms with Crippen LogP contribution in [0.25, 0.3) is 0 Å². The fourth-order valence-electron chi connectivity index (χ4n) is 1.62. The first-order valence-corrected chi connectivity index (χ1v) is 4.36. The molecule has 1 aliphatic carbocycles. The molecule has 1 aliphatic rings. The Bertz CT molecular complexity index is 117. The van der Waals surface area contributed by atoms with Gasteiger partial charge >= 0.3 is 0 Å². The zero-order valence-corrected chi connectivity index (χ0v) is 7.58. The number of hydrogen-bond acceptors (Lipinski definition) is 2. The highest BCUT2D eigenvalue weighted by molar-refractivity contribution is 4.86. The first kappa shape index (κ1) is 9.01. The maximum Gasteiger partial charge on any atom is 0.0593 e. The Morgan fingerprint density at radius 2 is 1.91 bits per heavy atom. The molecule has 1 rings (SSSR count). The quantitative estimate of drug-likeness (QED) is 0.673. The van der Waals surface area contributed by atoms with Gasteiger partial charge in [-0.05, 0) is 24.7 Å². The lowest BCUT2D eigenvalue weighted by molar-refractivity contribution is -0.0636. The van der Waals surface area contributed by atoms with Crippen LogP contribution in [0.4, 0.5) is 0 Å². The molecule has 1 unspecified atom stereocenters. The predicted molar refractivity (Wildman–Crippen MR) is 44.4 cm³/mol. The minimum absolute atomic E-state index is 0.124. The number of ether oxygens (including phenoxy) is 1. The van der Waals surface area contributed by atoms with E-state index in [4.69, 9.17) is 4.74 Å². The van der Waals surface area contributed by atoms with Gasteiger partial charge in [-0.25, -0.2) is 0 Å². The van der Waals surface area contributed by atoms with Crippen LogP contribution in [0.2, 0.25) is 0 Å². The molecule has 0 bridgehead atoms. The Balaban J connectivity index is 2.21. The summed E-state index contributed by atoms with van der Waals surface area (Å²) in [7, 11) is 1.74. The van der Waals surface area contributed by atoms with Gasteiger partial charge in [0, 0.05) is 7.11 Å². The van der Waals surface area contributed by atoms with Crippen molar-refractivity contribution in [2.75, 3.05) is 7.11 Å². The summed E-state index contributed by atoms with van der Waals surface area (Å²) in [5, 5.41) is 9.60. The van der Waals surface area contributed by atoms with Gasteiger partial charge in [0.05, 0.1) is 12.2 Å². The average Bonchev–Trinajstić information content (AvgIpc) is 1.85. The third kappa shape index (κ3) is 1.94. The van der Waals surface area contributed by atoms with Crippen LogP contribution in [0, 0.1) is 11.8 Å². The number of aliphatic hydroxyl groups excluding tert-OH is 1. The van der Waals surface area contributed by atoms with Gasteiger partial charge in [-0.2, -0.15) is 0 Å². The number of rotatable bonds is 3. The second-order valence-electron chi connectivity index (χ2n) is 3.82. The maximum atomic E-state index is 9.60. The minimum Gasteiger partial charge on any atom is -0.393 e. The van der Waals surface area contributed by atoms with E-state index in [1.165, 1.54) is 0 Å². The summed E-state index contributed by atoms with van der Waals surface area (Å²) in [5.41, 5.74) is 0. The predicted octanol–water partition coefficient (Wildman–Crippen LogP) is 1.43. The van der Waals surface area contributed by atoms with Crippen molar-refractivity contribution in [3.63, 3.8) is 0 Å². The lowest BCUT2D eigenvalue weighted by atomic mass is 9.75. The topological polar surface area (TPSA) is 29.5 Å². The molecule has 0 aliphatic heterocycles. The smallest absolute Gasteiger partial charge is 0.0593 e. The summed E-state index contributed by atoms with van der Waals surface area (Å²) >= 11 is 0. The molecular formula is C9H18O2. The van der Waals surface area contributed by atoms with E-state index in [0.717, 1.165) is 12.8 Å². The van der Waals surface area contributed by atoms with Gasteiger partial charge in [0.2, 0.25) is 0 Å². The molecule has 0 aromatic rings. The summed E-state index contributed by atoms with van der Waals surface area (Å²) < 4.78 is 5.14. The summed E-state index contributed by atoms with van der Waals surface area (Å²) in [6.07, 6.45) is 2.36. The third-order valence-electron chi connectivity index (χ3n) is 2.63. The molecule has 0 aromatic heterocycles. The van der Waals surface area contributed by atoms with Gasteiger partial charge in [0.1, 0.15) is 0 Å². The van der Waals surface area contributed by atoms with Crippen LogP contribution >= 0.6 is 0 Å². The highest BCUT2D eigenvalue weighted by Crippen LogP contribution is 2.34. The van der Waals surface area contributed by atoms with Crippen molar-refractivity contribution in [1.82, 2.24) is 0 Å². The molecule has 1 saturated carbocycles. The Hall–Kier alpha value is -0.0800. The van der Waals surface area contributed by atoms with E-state index in [0.29, 0.717) is 17.9 Å². The molecule has 0 spiro atoms.